The van der Waals surface area contributed by atoms with Crippen LogP contribution in [0.15, 0.2) is 28.7 Å². The van der Waals surface area contributed by atoms with Crippen LogP contribution in [0.3, 0.4) is 0 Å². The zero-order valence-electron chi connectivity index (χ0n) is 11.8. The van der Waals surface area contributed by atoms with Crippen LogP contribution in [0.4, 0.5) is 13.2 Å². The largest absolute Gasteiger partial charge is 0.418 e. The summed E-state index contributed by atoms with van der Waals surface area (Å²) in [6.45, 7) is 1.92. The van der Waals surface area contributed by atoms with Crippen LogP contribution in [-0.2, 0) is 6.18 Å². The first-order valence-electron chi connectivity index (χ1n) is 6.77. The van der Waals surface area contributed by atoms with Crippen molar-refractivity contribution >= 4 is 0 Å². The molecule has 1 heterocycles. The van der Waals surface area contributed by atoms with Crippen molar-refractivity contribution in [1.82, 2.24) is 10.2 Å². The summed E-state index contributed by atoms with van der Waals surface area (Å²) in [5.41, 5.74) is 5.35. The van der Waals surface area contributed by atoms with Gasteiger partial charge < -0.3 is 15.3 Å². The lowest BCUT2D eigenvalue weighted by Gasteiger charge is -2.13. The molecule has 0 amide bonds. The minimum Gasteiger partial charge on any atom is -0.418 e. The number of rotatable bonds is 5. The SMILES string of the molecule is CCCC(N)C(O)c1nnc(-c2ccc(C(F)(F)F)cc2)o1. The summed E-state index contributed by atoms with van der Waals surface area (Å²) in [6, 6.07) is 3.79. The van der Waals surface area contributed by atoms with Crippen LogP contribution >= 0.6 is 0 Å². The summed E-state index contributed by atoms with van der Waals surface area (Å²) in [5.74, 6) is -0.0117. The van der Waals surface area contributed by atoms with Crippen molar-refractivity contribution in [2.24, 2.45) is 5.73 Å². The van der Waals surface area contributed by atoms with Crippen molar-refractivity contribution in [2.75, 3.05) is 0 Å². The molecule has 0 saturated carbocycles. The first-order chi connectivity index (χ1) is 10.3. The predicted octanol–water partition coefficient (Wildman–Crippen LogP) is 2.92. The molecule has 22 heavy (non-hydrogen) atoms. The molecule has 0 saturated heterocycles. The topological polar surface area (TPSA) is 85.2 Å². The number of benzene rings is 1. The molecule has 2 rings (SSSR count). The molecule has 2 unspecified atom stereocenters. The quantitative estimate of drug-likeness (QED) is 0.886. The van der Waals surface area contributed by atoms with E-state index < -0.39 is 23.9 Å². The van der Waals surface area contributed by atoms with E-state index in [9.17, 15) is 18.3 Å². The van der Waals surface area contributed by atoms with E-state index in [1.807, 2.05) is 6.92 Å². The molecule has 0 spiro atoms. The smallest absolute Gasteiger partial charge is 0.416 e. The predicted molar refractivity (Wildman–Crippen MR) is 72.6 cm³/mol. The van der Waals surface area contributed by atoms with Crippen LogP contribution in [0.5, 0.6) is 0 Å². The average Bonchev–Trinajstić information content (AvgIpc) is 2.95. The third-order valence-electron chi connectivity index (χ3n) is 3.18. The minimum atomic E-state index is -4.40. The van der Waals surface area contributed by atoms with E-state index in [4.69, 9.17) is 10.2 Å². The van der Waals surface area contributed by atoms with E-state index in [1.54, 1.807) is 0 Å². The van der Waals surface area contributed by atoms with Gasteiger partial charge in [-0.15, -0.1) is 10.2 Å². The molecule has 2 atom stereocenters. The van der Waals surface area contributed by atoms with E-state index in [2.05, 4.69) is 10.2 Å². The fraction of sp³-hybridized carbons (Fsp3) is 0.429. The van der Waals surface area contributed by atoms with Crippen molar-refractivity contribution in [2.45, 2.75) is 38.1 Å². The van der Waals surface area contributed by atoms with Crippen LogP contribution in [0, 0.1) is 0 Å². The zero-order chi connectivity index (χ0) is 16.3. The average molecular weight is 315 g/mol. The molecule has 0 aliphatic rings. The van der Waals surface area contributed by atoms with E-state index in [0.717, 1.165) is 18.6 Å². The zero-order valence-corrected chi connectivity index (χ0v) is 11.8. The molecule has 2 aromatic rings. The van der Waals surface area contributed by atoms with Gasteiger partial charge in [0.05, 0.1) is 5.56 Å². The number of hydrogen-bond donors (Lipinski definition) is 2. The number of nitrogens with zero attached hydrogens (tertiary/aromatic N) is 2. The molecule has 5 nitrogen and oxygen atoms in total. The van der Waals surface area contributed by atoms with Crippen LogP contribution in [0.2, 0.25) is 0 Å². The Labute approximate surface area is 125 Å². The lowest BCUT2D eigenvalue weighted by Crippen LogP contribution is -2.28. The van der Waals surface area contributed by atoms with E-state index in [-0.39, 0.29) is 11.8 Å². The molecular weight excluding hydrogens is 299 g/mol. The fourth-order valence-electron chi connectivity index (χ4n) is 1.95. The van der Waals surface area contributed by atoms with Gasteiger partial charge in [0, 0.05) is 11.6 Å². The molecular formula is C14H16F3N3O2. The summed E-state index contributed by atoms with van der Waals surface area (Å²) >= 11 is 0. The van der Waals surface area contributed by atoms with Crippen LogP contribution in [0.1, 0.15) is 37.3 Å². The summed E-state index contributed by atoms with van der Waals surface area (Å²) in [6.07, 6.45) is -4.13. The number of aliphatic hydroxyl groups excluding tert-OH is 1. The van der Waals surface area contributed by atoms with Gasteiger partial charge >= 0.3 is 6.18 Å². The van der Waals surface area contributed by atoms with Gasteiger partial charge in [0.15, 0.2) is 0 Å². The van der Waals surface area contributed by atoms with Crippen LogP contribution < -0.4 is 5.73 Å². The highest BCUT2D eigenvalue weighted by atomic mass is 19.4. The molecule has 120 valence electrons. The third kappa shape index (κ3) is 3.63. The van der Waals surface area contributed by atoms with Gasteiger partial charge in [-0.05, 0) is 30.7 Å². The number of alkyl halides is 3. The van der Waals surface area contributed by atoms with Crippen molar-refractivity contribution in [1.29, 1.82) is 0 Å². The fourth-order valence-corrected chi connectivity index (χ4v) is 1.95. The Bertz CT molecular complexity index is 611. The Balaban J connectivity index is 2.17. The number of aliphatic hydroxyl groups is 1. The Hall–Kier alpha value is -1.93. The van der Waals surface area contributed by atoms with Gasteiger partial charge in [0.2, 0.25) is 11.8 Å². The van der Waals surface area contributed by atoms with E-state index in [0.29, 0.717) is 12.0 Å². The Morgan fingerprint density at radius 3 is 2.41 bits per heavy atom. The molecule has 1 aromatic carbocycles. The van der Waals surface area contributed by atoms with Crippen molar-refractivity contribution in [3.63, 3.8) is 0 Å². The maximum absolute atomic E-state index is 12.5. The molecule has 0 bridgehead atoms. The van der Waals surface area contributed by atoms with Gasteiger partial charge in [-0.2, -0.15) is 13.2 Å². The molecule has 0 aliphatic heterocycles. The lowest BCUT2D eigenvalue weighted by atomic mass is 10.1. The molecule has 0 fully saturated rings. The van der Waals surface area contributed by atoms with Gasteiger partial charge in [-0.3, -0.25) is 0 Å². The molecule has 0 aliphatic carbocycles. The molecule has 3 N–H and O–H groups in total. The summed E-state index contributed by atoms with van der Waals surface area (Å²) < 4.78 is 42.8. The maximum atomic E-state index is 12.5. The normalized spacial score (nSPS) is 14.8. The number of nitrogens with two attached hydrogens (primary N) is 1. The van der Waals surface area contributed by atoms with Crippen molar-refractivity contribution in [3.8, 4) is 11.5 Å². The van der Waals surface area contributed by atoms with Gasteiger partial charge in [-0.25, -0.2) is 0 Å². The standard InChI is InChI=1S/C14H16F3N3O2/c1-2-3-10(18)11(21)13-20-19-12(22-13)8-4-6-9(7-5-8)14(15,16)17/h4-7,10-11,21H,2-3,18H2,1H3. The second-order valence-electron chi connectivity index (χ2n) is 4.92. The van der Waals surface area contributed by atoms with E-state index >= 15 is 0 Å². The number of hydrogen-bond acceptors (Lipinski definition) is 5. The summed E-state index contributed by atoms with van der Waals surface area (Å²) in [5, 5.41) is 17.4. The summed E-state index contributed by atoms with van der Waals surface area (Å²) in [7, 11) is 0. The third-order valence-corrected chi connectivity index (χ3v) is 3.18. The van der Waals surface area contributed by atoms with E-state index in [1.165, 1.54) is 12.1 Å². The molecule has 8 heteroatoms. The van der Waals surface area contributed by atoms with Gasteiger partial charge in [-0.1, -0.05) is 13.3 Å². The van der Waals surface area contributed by atoms with Crippen LogP contribution in [0.25, 0.3) is 11.5 Å². The second-order valence-corrected chi connectivity index (χ2v) is 4.92. The number of aromatic nitrogens is 2. The van der Waals surface area contributed by atoms with Crippen LogP contribution in [-0.4, -0.2) is 21.3 Å². The lowest BCUT2D eigenvalue weighted by molar-refractivity contribution is -0.137. The van der Waals surface area contributed by atoms with Crippen molar-refractivity contribution in [3.05, 3.63) is 35.7 Å². The minimum absolute atomic E-state index is 0.0338. The monoisotopic (exact) mass is 315 g/mol. The Kier molecular flexibility index (Phi) is 4.82. The first-order valence-corrected chi connectivity index (χ1v) is 6.77. The highest BCUT2D eigenvalue weighted by molar-refractivity contribution is 5.53. The second kappa shape index (κ2) is 6.45. The highest BCUT2D eigenvalue weighted by Gasteiger charge is 2.30. The van der Waals surface area contributed by atoms with Gasteiger partial charge in [0.25, 0.3) is 0 Å². The maximum Gasteiger partial charge on any atom is 0.416 e. The molecule has 1 aromatic heterocycles. The highest BCUT2D eigenvalue weighted by Crippen LogP contribution is 2.31. The number of halogens is 3. The van der Waals surface area contributed by atoms with Gasteiger partial charge in [0.1, 0.15) is 6.10 Å². The molecule has 0 radical (unpaired) electrons. The Morgan fingerprint density at radius 1 is 1.23 bits per heavy atom. The van der Waals surface area contributed by atoms with Crippen molar-refractivity contribution < 1.29 is 22.7 Å². The Morgan fingerprint density at radius 2 is 1.86 bits per heavy atom. The first kappa shape index (κ1) is 16.4. The summed E-state index contributed by atoms with van der Waals surface area (Å²) in [4.78, 5) is 0.